The third-order valence-electron chi connectivity index (χ3n) is 2.86. The number of ether oxygens (including phenoxy) is 1. The Balaban J connectivity index is 2.07. The molecule has 4 nitrogen and oxygen atoms in total. The maximum atomic E-state index is 5.97. The minimum atomic E-state index is 0.318. The number of anilines is 1. The first-order valence-corrected chi connectivity index (χ1v) is 5.86. The van der Waals surface area contributed by atoms with E-state index in [4.69, 9.17) is 16.3 Å². The molecule has 1 aliphatic rings. The highest BCUT2D eigenvalue weighted by atomic mass is 35.5. The average Bonchev–Trinajstić information content (AvgIpc) is 2.74. The van der Waals surface area contributed by atoms with Gasteiger partial charge in [-0.25, -0.2) is 9.97 Å². The molecule has 2 rings (SSSR count). The highest BCUT2D eigenvalue weighted by molar-refractivity contribution is 6.30. The molecule has 0 spiro atoms. The zero-order valence-electron chi connectivity index (χ0n) is 9.61. The van der Waals surface area contributed by atoms with Crippen molar-refractivity contribution in [2.75, 3.05) is 25.1 Å². The van der Waals surface area contributed by atoms with Crippen molar-refractivity contribution in [1.82, 2.24) is 9.97 Å². The van der Waals surface area contributed by atoms with Crippen LogP contribution in [0.1, 0.15) is 18.4 Å². The average molecular weight is 242 g/mol. The Hall–Kier alpha value is -0.870. The fourth-order valence-electron chi connectivity index (χ4n) is 1.99. The van der Waals surface area contributed by atoms with Gasteiger partial charge in [-0.2, -0.15) is 0 Å². The summed E-state index contributed by atoms with van der Waals surface area (Å²) in [5, 5.41) is 0.518. The van der Waals surface area contributed by atoms with E-state index in [9.17, 15) is 0 Å². The normalized spacial score (nSPS) is 20.1. The highest BCUT2D eigenvalue weighted by Gasteiger charge is 2.19. The van der Waals surface area contributed by atoms with Gasteiger partial charge < -0.3 is 9.64 Å². The van der Waals surface area contributed by atoms with Crippen LogP contribution in [0.25, 0.3) is 0 Å². The quantitative estimate of drug-likeness (QED) is 0.760. The third kappa shape index (κ3) is 2.44. The lowest BCUT2D eigenvalue weighted by Gasteiger charge is -2.23. The summed E-state index contributed by atoms with van der Waals surface area (Å²) in [5.74, 6) is 0.885. The molecule has 0 aliphatic carbocycles. The molecule has 1 saturated heterocycles. The Labute approximate surface area is 101 Å². The van der Waals surface area contributed by atoms with E-state index in [0.29, 0.717) is 11.3 Å². The lowest BCUT2D eigenvalue weighted by atomic mass is 10.2. The van der Waals surface area contributed by atoms with Gasteiger partial charge in [0.15, 0.2) is 0 Å². The molecule has 0 N–H and O–H groups in total. The number of likely N-dealkylation sites (N-methyl/N-ethyl adjacent to an activating group) is 1. The van der Waals surface area contributed by atoms with Crippen LogP contribution in [0.15, 0.2) is 6.33 Å². The molecule has 0 radical (unpaired) electrons. The number of halogens is 1. The molecular weight excluding hydrogens is 226 g/mol. The van der Waals surface area contributed by atoms with Crippen molar-refractivity contribution < 1.29 is 4.74 Å². The summed E-state index contributed by atoms with van der Waals surface area (Å²) in [6.07, 6.45) is 4.10. The third-order valence-corrected chi connectivity index (χ3v) is 3.24. The lowest BCUT2D eigenvalue weighted by molar-refractivity contribution is 0.116. The number of aromatic nitrogens is 2. The molecular formula is C11H16ClN3O. The van der Waals surface area contributed by atoms with Crippen molar-refractivity contribution >= 4 is 17.4 Å². The smallest absolute Gasteiger partial charge is 0.137 e. The highest BCUT2D eigenvalue weighted by Crippen LogP contribution is 2.22. The van der Waals surface area contributed by atoms with Crippen LogP contribution >= 0.6 is 11.6 Å². The first-order chi connectivity index (χ1) is 7.68. The second-order valence-electron chi connectivity index (χ2n) is 4.13. The fraction of sp³-hybridized carbons (Fsp3) is 0.636. The van der Waals surface area contributed by atoms with E-state index in [1.165, 1.54) is 6.33 Å². The maximum absolute atomic E-state index is 5.97. The van der Waals surface area contributed by atoms with E-state index in [-0.39, 0.29) is 0 Å². The predicted molar refractivity (Wildman–Crippen MR) is 64.0 cm³/mol. The molecule has 0 bridgehead atoms. The Kier molecular flexibility index (Phi) is 3.61. The summed E-state index contributed by atoms with van der Waals surface area (Å²) in [7, 11) is 2.01. The minimum Gasteiger partial charge on any atom is -0.376 e. The van der Waals surface area contributed by atoms with E-state index in [1.54, 1.807) is 0 Å². The lowest BCUT2D eigenvalue weighted by Crippen LogP contribution is -2.29. The van der Waals surface area contributed by atoms with Crippen molar-refractivity contribution in [2.24, 2.45) is 0 Å². The van der Waals surface area contributed by atoms with Crippen LogP contribution < -0.4 is 4.90 Å². The molecule has 0 saturated carbocycles. The molecule has 1 aromatic heterocycles. The monoisotopic (exact) mass is 241 g/mol. The molecule has 0 amide bonds. The van der Waals surface area contributed by atoms with Crippen LogP contribution in [-0.2, 0) is 4.74 Å². The predicted octanol–water partition coefficient (Wildman–Crippen LogP) is 2.05. The molecule has 1 aliphatic heterocycles. The summed E-state index contributed by atoms with van der Waals surface area (Å²) in [6, 6.07) is 0. The Morgan fingerprint density at radius 3 is 3.06 bits per heavy atom. The second-order valence-corrected chi connectivity index (χ2v) is 4.49. The van der Waals surface area contributed by atoms with Gasteiger partial charge in [0.2, 0.25) is 0 Å². The summed E-state index contributed by atoms with van der Waals surface area (Å²) in [5.41, 5.74) is 0.921. The van der Waals surface area contributed by atoms with Crippen molar-refractivity contribution in [3.63, 3.8) is 0 Å². The van der Waals surface area contributed by atoms with Crippen LogP contribution in [0.2, 0.25) is 5.15 Å². The second kappa shape index (κ2) is 4.97. The van der Waals surface area contributed by atoms with Gasteiger partial charge in [0.25, 0.3) is 0 Å². The van der Waals surface area contributed by atoms with Gasteiger partial charge in [0.1, 0.15) is 17.3 Å². The molecule has 1 atom stereocenters. The van der Waals surface area contributed by atoms with Gasteiger partial charge in [-0.15, -0.1) is 0 Å². The number of hydrogen-bond acceptors (Lipinski definition) is 4. The molecule has 0 aromatic carbocycles. The number of rotatable bonds is 3. The number of nitrogens with zero attached hydrogens (tertiary/aromatic N) is 3. The minimum absolute atomic E-state index is 0.318. The van der Waals surface area contributed by atoms with E-state index >= 15 is 0 Å². The fourth-order valence-corrected chi connectivity index (χ4v) is 2.11. The van der Waals surface area contributed by atoms with E-state index < -0.39 is 0 Å². The summed E-state index contributed by atoms with van der Waals surface area (Å²) in [6.45, 7) is 3.67. The standard InChI is InChI=1S/C11H16ClN3O/c1-8-10(12)13-7-14-11(8)15(2)6-9-4-3-5-16-9/h7,9H,3-6H2,1-2H3. The Morgan fingerprint density at radius 2 is 2.38 bits per heavy atom. The van der Waals surface area contributed by atoms with Gasteiger partial charge in [0, 0.05) is 25.8 Å². The zero-order valence-corrected chi connectivity index (χ0v) is 10.4. The topological polar surface area (TPSA) is 38.2 Å². The van der Waals surface area contributed by atoms with Crippen LogP contribution in [0, 0.1) is 6.92 Å². The van der Waals surface area contributed by atoms with Crippen LogP contribution in [0.3, 0.4) is 0 Å². The van der Waals surface area contributed by atoms with E-state index in [2.05, 4.69) is 14.9 Å². The first-order valence-electron chi connectivity index (χ1n) is 5.48. The van der Waals surface area contributed by atoms with Gasteiger partial charge in [-0.3, -0.25) is 0 Å². The molecule has 2 heterocycles. The van der Waals surface area contributed by atoms with Crippen LogP contribution in [-0.4, -0.2) is 36.3 Å². The molecule has 16 heavy (non-hydrogen) atoms. The van der Waals surface area contributed by atoms with Crippen molar-refractivity contribution in [1.29, 1.82) is 0 Å². The Morgan fingerprint density at radius 1 is 1.56 bits per heavy atom. The van der Waals surface area contributed by atoms with Gasteiger partial charge in [-0.1, -0.05) is 11.6 Å². The molecule has 88 valence electrons. The van der Waals surface area contributed by atoms with Crippen molar-refractivity contribution in [3.8, 4) is 0 Å². The van der Waals surface area contributed by atoms with E-state index in [1.807, 2.05) is 14.0 Å². The zero-order chi connectivity index (χ0) is 11.5. The SMILES string of the molecule is Cc1c(Cl)ncnc1N(C)CC1CCCO1. The molecule has 1 fully saturated rings. The summed E-state index contributed by atoms with van der Waals surface area (Å²) in [4.78, 5) is 10.3. The van der Waals surface area contributed by atoms with Crippen molar-refractivity contribution in [2.45, 2.75) is 25.9 Å². The summed E-state index contributed by atoms with van der Waals surface area (Å²) >= 11 is 5.97. The Bertz CT molecular complexity index is 366. The van der Waals surface area contributed by atoms with Crippen LogP contribution in [0.5, 0.6) is 0 Å². The van der Waals surface area contributed by atoms with Gasteiger partial charge in [0.05, 0.1) is 6.10 Å². The largest absolute Gasteiger partial charge is 0.376 e. The first kappa shape index (κ1) is 11.6. The van der Waals surface area contributed by atoms with Crippen LogP contribution in [0.4, 0.5) is 5.82 Å². The van der Waals surface area contributed by atoms with Gasteiger partial charge in [-0.05, 0) is 19.8 Å². The van der Waals surface area contributed by atoms with Crippen molar-refractivity contribution in [3.05, 3.63) is 17.0 Å². The van der Waals surface area contributed by atoms with Gasteiger partial charge >= 0.3 is 0 Å². The molecule has 1 unspecified atom stereocenters. The molecule has 5 heteroatoms. The molecule has 1 aromatic rings. The maximum Gasteiger partial charge on any atom is 0.137 e. The number of hydrogen-bond donors (Lipinski definition) is 0. The summed E-state index contributed by atoms with van der Waals surface area (Å²) < 4.78 is 5.60. The van der Waals surface area contributed by atoms with E-state index in [0.717, 1.165) is 37.4 Å².